The first-order valence-corrected chi connectivity index (χ1v) is 8.06. The number of halogens is 2. The Morgan fingerprint density at radius 1 is 1.38 bits per heavy atom. The molecule has 0 aromatic heterocycles. The molecule has 0 bridgehead atoms. The normalized spacial score (nSPS) is 22.5. The van der Waals surface area contributed by atoms with Crippen LogP contribution in [0.4, 0.5) is 8.78 Å². The monoisotopic (exact) mass is 342 g/mol. The summed E-state index contributed by atoms with van der Waals surface area (Å²) in [7, 11) is 0. The van der Waals surface area contributed by atoms with Crippen LogP contribution in [-0.4, -0.2) is 49.3 Å². The average molecular weight is 342 g/mol. The van der Waals surface area contributed by atoms with Crippen molar-refractivity contribution in [2.24, 2.45) is 0 Å². The van der Waals surface area contributed by atoms with Crippen molar-refractivity contribution in [3.8, 4) is 5.75 Å². The molecule has 1 aromatic carbocycles. The van der Waals surface area contributed by atoms with Gasteiger partial charge in [0.1, 0.15) is 5.75 Å². The van der Waals surface area contributed by atoms with Gasteiger partial charge in [-0.2, -0.15) is 8.78 Å². The molecular weight excluding hydrogens is 318 g/mol. The summed E-state index contributed by atoms with van der Waals surface area (Å²) in [6, 6.07) is 6.32. The van der Waals surface area contributed by atoms with E-state index in [2.05, 4.69) is 10.1 Å². The van der Waals surface area contributed by atoms with Gasteiger partial charge in [-0.25, -0.2) is 0 Å². The standard InChI is InChI=1S/C17H24F2N2O3/c1-11-9-21(10-12(2)23-11)16(22)8-20-13(3)14-5-4-6-15(7-14)24-17(18)19/h4-7,11-13,17,20H,8-10H2,1-3H3/t11-,12+,13-/m0/s1. The molecule has 1 aliphatic rings. The maximum absolute atomic E-state index is 12.3. The van der Waals surface area contributed by atoms with Crippen molar-refractivity contribution in [1.29, 1.82) is 0 Å². The lowest BCUT2D eigenvalue weighted by Gasteiger charge is -2.35. The molecule has 1 saturated heterocycles. The number of morpholine rings is 1. The quantitative estimate of drug-likeness (QED) is 0.863. The Morgan fingerprint density at radius 3 is 2.67 bits per heavy atom. The molecule has 1 N–H and O–H groups in total. The van der Waals surface area contributed by atoms with Crippen molar-refractivity contribution in [3.05, 3.63) is 29.8 Å². The molecule has 3 atom stereocenters. The van der Waals surface area contributed by atoms with Gasteiger partial charge in [-0.3, -0.25) is 4.79 Å². The highest BCUT2D eigenvalue weighted by Crippen LogP contribution is 2.20. The van der Waals surface area contributed by atoms with Gasteiger partial charge in [0.25, 0.3) is 0 Å². The zero-order chi connectivity index (χ0) is 17.7. The number of amides is 1. The van der Waals surface area contributed by atoms with E-state index in [-0.39, 0.29) is 36.5 Å². The number of carbonyl (C=O) groups is 1. The highest BCUT2D eigenvalue weighted by Gasteiger charge is 2.25. The van der Waals surface area contributed by atoms with Crippen LogP contribution in [0, 0.1) is 0 Å². The van der Waals surface area contributed by atoms with Crippen molar-refractivity contribution in [3.63, 3.8) is 0 Å². The van der Waals surface area contributed by atoms with Crippen LogP contribution in [0.2, 0.25) is 0 Å². The Kier molecular flexibility index (Phi) is 6.51. The van der Waals surface area contributed by atoms with Gasteiger partial charge < -0.3 is 19.7 Å². The molecule has 1 fully saturated rings. The van der Waals surface area contributed by atoms with E-state index in [4.69, 9.17) is 4.74 Å². The maximum Gasteiger partial charge on any atom is 0.387 e. The average Bonchev–Trinajstić information content (AvgIpc) is 2.51. The Labute approximate surface area is 140 Å². The molecule has 0 unspecified atom stereocenters. The van der Waals surface area contributed by atoms with Gasteiger partial charge in [-0.15, -0.1) is 0 Å². The third-order valence-electron chi connectivity index (χ3n) is 3.92. The Morgan fingerprint density at radius 2 is 2.04 bits per heavy atom. The third kappa shape index (κ3) is 5.42. The van der Waals surface area contributed by atoms with Crippen LogP contribution in [0.15, 0.2) is 24.3 Å². The lowest BCUT2D eigenvalue weighted by molar-refractivity contribution is -0.142. The first-order chi connectivity index (χ1) is 11.3. The zero-order valence-electron chi connectivity index (χ0n) is 14.2. The highest BCUT2D eigenvalue weighted by atomic mass is 19.3. The van der Waals surface area contributed by atoms with Crippen molar-refractivity contribution >= 4 is 5.91 Å². The molecule has 0 aliphatic carbocycles. The molecule has 0 saturated carbocycles. The molecule has 134 valence electrons. The van der Waals surface area contributed by atoms with Crippen molar-refractivity contribution in [2.75, 3.05) is 19.6 Å². The molecule has 0 spiro atoms. The van der Waals surface area contributed by atoms with Gasteiger partial charge in [0.2, 0.25) is 5.91 Å². The SMILES string of the molecule is C[C@@H]1CN(C(=O)CN[C@@H](C)c2cccc(OC(F)F)c2)C[C@H](C)O1. The number of benzene rings is 1. The molecular formula is C17H24F2N2O3. The van der Waals surface area contributed by atoms with E-state index in [0.717, 1.165) is 5.56 Å². The summed E-state index contributed by atoms with van der Waals surface area (Å²) in [4.78, 5) is 14.1. The van der Waals surface area contributed by atoms with Gasteiger partial charge in [0.15, 0.2) is 0 Å². The molecule has 5 nitrogen and oxygen atoms in total. The molecule has 1 amide bonds. The molecule has 0 radical (unpaired) electrons. The summed E-state index contributed by atoms with van der Waals surface area (Å²) in [6.45, 7) is 4.25. The van der Waals surface area contributed by atoms with Crippen LogP contribution in [0.1, 0.15) is 32.4 Å². The number of nitrogens with one attached hydrogen (secondary N) is 1. The largest absolute Gasteiger partial charge is 0.435 e. The Balaban J connectivity index is 1.88. The van der Waals surface area contributed by atoms with Crippen molar-refractivity contribution in [1.82, 2.24) is 10.2 Å². The second kappa shape index (κ2) is 8.39. The lowest BCUT2D eigenvalue weighted by Crippen LogP contribution is -2.50. The van der Waals surface area contributed by atoms with E-state index in [1.807, 2.05) is 20.8 Å². The Bertz CT molecular complexity index is 546. The molecule has 1 aliphatic heterocycles. The van der Waals surface area contributed by atoms with Crippen LogP contribution in [-0.2, 0) is 9.53 Å². The number of hydrogen-bond acceptors (Lipinski definition) is 4. The van der Waals surface area contributed by atoms with Crippen molar-refractivity contribution < 1.29 is 23.0 Å². The van der Waals surface area contributed by atoms with E-state index in [1.165, 1.54) is 6.07 Å². The second-order valence-electron chi connectivity index (χ2n) is 6.11. The topological polar surface area (TPSA) is 50.8 Å². The molecule has 24 heavy (non-hydrogen) atoms. The number of carbonyl (C=O) groups excluding carboxylic acids is 1. The zero-order valence-corrected chi connectivity index (χ0v) is 14.2. The summed E-state index contributed by atoms with van der Waals surface area (Å²) in [6.07, 6.45) is 0.0524. The smallest absolute Gasteiger partial charge is 0.387 e. The predicted octanol–water partition coefficient (Wildman–Crippen LogP) is 2.57. The van der Waals surface area contributed by atoms with Crippen LogP contribution in [0.25, 0.3) is 0 Å². The van der Waals surface area contributed by atoms with Crippen LogP contribution >= 0.6 is 0 Å². The minimum absolute atomic E-state index is 0.00355. The van der Waals surface area contributed by atoms with Gasteiger partial charge in [-0.05, 0) is 38.5 Å². The number of alkyl halides is 2. The van der Waals surface area contributed by atoms with Gasteiger partial charge in [-0.1, -0.05) is 12.1 Å². The molecule has 7 heteroatoms. The van der Waals surface area contributed by atoms with Crippen molar-refractivity contribution in [2.45, 2.75) is 45.6 Å². The van der Waals surface area contributed by atoms with E-state index in [9.17, 15) is 13.6 Å². The van der Waals surface area contributed by atoms with Crippen LogP contribution in [0.5, 0.6) is 5.75 Å². The molecule has 1 heterocycles. The number of nitrogens with zero attached hydrogens (tertiary/aromatic N) is 1. The van der Waals surface area contributed by atoms with Crippen LogP contribution in [0.3, 0.4) is 0 Å². The summed E-state index contributed by atoms with van der Waals surface area (Å²) in [5.74, 6) is 0.113. The summed E-state index contributed by atoms with van der Waals surface area (Å²) in [5.41, 5.74) is 0.782. The van der Waals surface area contributed by atoms with Gasteiger partial charge in [0.05, 0.1) is 18.8 Å². The van der Waals surface area contributed by atoms with E-state index in [1.54, 1.807) is 23.1 Å². The molecule has 2 rings (SSSR count). The fourth-order valence-corrected chi connectivity index (χ4v) is 2.81. The Hall–Kier alpha value is -1.73. The maximum atomic E-state index is 12.3. The minimum atomic E-state index is -2.85. The number of ether oxygens (including phenoxy) is 2. The number of hydrogen-bond donors (Lipinski definition) is 1. The summed E-state index contributed by atoms with van der Waals surface area (Å²) >= 11 is 0. The molecule has 1 aromatic rings. The van der Waals surface area contributed by atoms with Gasteiger partial charge >= 0.3 is 6.61 Å². The van der Waals surface area contributed by atoms with E-state index in [0.29, 0.717) is 13.1 Å². The summed E-state index contributed by atoms with van der Waals surface area (Å²) < 4.78 is 34.6. The number of rotatable bonds is 6. The summed E-state index contributed by atoms with van der Waals surface area (Å²) in [5, 5.41) is 3.13. The second-order valence-corrected chi connectivity index (χ2v) is 6.11. The predicted molar refractivity (Wildman–Crippen MR) is 86.1 cm³/mol. The van der Waals surface area contributed by atoms with Gasteiger partial charge in [0, 0.05) is 19.1 Å². The fourth-order valence-electron chi connectivity index (χ4n) is 2.81. The highest BCUT2D eigenvalue weighted by molar-refractivity contribution is 5.78. The van der Waals surface area contributed by atoms with E-state index < -0.39 is 6.61 Å². The first kappa shape index (κ1) is 18.6. The lowest BCUT2D eigenvalue weighted by atomic mass is 10.1. The minimum Gasteiger partial charge on any atom is -0.435 e. The van der Waals surface area contributed by atoms with Crippen LogP contribution < -0.4 is 10.1 Å². The third-order valence-corrected chi connectivity index (χ3v) is 3.92. The first-order valence-electron chi connectivity index (χ1n) is 8.06. The van der Waals surface area contributed by atoms with E-state index >= 15 is 0 Å². The fraction of sp³-hybridized carbons (Fsp3) is 0.588.